The van der Waals surface area contributed by atoms with Crippen LogP contribution in [0.2, 0.25) is 0 Å². The number of aromatic nitrogens is 2. The number of carbonyl (C=O) groups excluding carboxylic acids is 1. The third-order valence-corrected chi connectivity index (χ3v) is 8.96. The summed E-state index contributed by atoms with van der Waals surface area (Å²) < 4.78 is 62.3. The van der Waals surface area contributed by atoms with Crippen LogP contribution in [0.25, 0.3) is 16.0 Å². The van der Waals surface area contributed by atoms with Crippen LogP contribution in [0.4, 0.5) is 8.78 Å². The molecule has 4 aromatic rings. The van der Waals surface area contributed by atoms with E-state index in [1.807, 2.05) is 0 Å². The molecule has 7 nitrogen and oxygen atoms in total. The molecule has 188 valence electrons. The van der Waals surface area contributed by atoms with Gasteiger partial charge in [0.15, 0.2) is 0 Å². The molecule has 36 heavy (non-hydrogen) atoms. The number of amides is 1. The van der Waals surface area contributed by atoms with Gasteiger partial charge in [-0.1, -0.05) is 38.1 Å². The van der Waals surface area contributed by atoms with Crippen LogP contribution in [0.15, 0.2) is 54.9 Å². The molecule has 2 aromatic heterocycles. The monoisotopic (exact) mass is 531 g/mol. The number of hydrogen-bond donors (Lipinski definition) is 1. The van der Waals surface area contributed by atoms with Crippen molar-refractivity contribution in [1.82, 2.24) is 9.55 Å². The van der Waals surface area contributed by atoms with Gasteiger partial charge in [-0.15, -0.1) is 11.3 Å². The molecule has 5 rings (SSSR count). The highest BCUT2D eigenvalue weighted by Crippen LogP contribution is 2.58. The van der Waals surface area contributed by atoms with Crippen molar-refractivity contribution < 1.29 is 26.2 Å². The van der Waals surface area contributed by atoms with E-state index in [-0.39, 0.29) is 27.5 Å². The first-order valence-corrected chi connectivity index (χ1v) is 13.7. The summed E-state index contributed by atoms with van der Waals surface area (Å²) >= 11 is 0.992. The van der Waals surface area contributed by atoms with Crippen molar-refractivity contribution in [3.05, 3.63) is 76.4 Å². The number of nitrogens with two attached hydrogens (primary N) is 1. The first-order valence-electron chi connectivity index (χ1n) is 11.3. The lowest BCUT2D eigenvalue weighted by Gasteiger charge is -2.23. The Balaban J connectivity index is 1.61. The number of carbonyl (C=O) groups is 1. The Morgan fingerprint density at radius 1 is 1.19 bits per heavy atom. The van der Waals surface area contributed by atoms with Crippen molar-refractivity contribution in [2.45, 2.75) is 38.0 Å². The van der Waals surface area contributed by atoms with Gasteiger partial charge in [-0.3, -0.25) is 9.36 Å². The highest BCUT2D eigenvalue weighted by atomic mass is 32.2. The van der Waals surface area contributed by atoms with Gasteiger partial charge in [-0.05, 0) is 41.7 Å². The fraction of sp³-hybridized carbons (Fsp3) is 0.280. The van der Waals surface area contributed by atoms with Gasteiger partial charge in [-0.2, -0.15) is 8.42 Å². The highest BCUT2D eigenvalue weighted by molar-refractivity contribution is 7.87. The van der Waals surface area contributed by atoms with E-state index in [0.29, 0.717) is 28.0 Å². The van der Waals surface area contributed by atoms with Gasteiger partial charge < -0.3 is 9.92 Å². The van der Waals surface area contributed by atoms with Crippen molar-refractivity contribution in [2.24, 2.45) is 5.73 Å². The van der Waals surface area contributed by atoms with Crippen molar-refractivity contribution in [2.75, 3.05) is 5.75 Å². The molecular weight excluding hydrogens is 508 g/mol. The predicted octanol–water partition coefficient (Wildman–Crippen LogP) is 5.30. The first-order chi connectivity index (χ1) is 17.0. The zero-order valence-electron chi connectivity index (χ0n) is 19.4. The third kappa shape index (κ3) is 3.96. The molecule has 1 aliphatic rings. The predicted molar refractivity (Wildman–Crippen MR) is 134 cm³/mol. The summed E-state index contributed by atoms with van der Waals surface area (Å²) in [6, 6.07) is 12.6. The summed E-state index contributed by atoms with van der Waals surface area (Å²) in [5.74, 6) is -5.81. The number of halogens is 2. The number of fused-ring (bicyclic) bond motifs is 2. The molecule has 0 saturated carbocycles. The average molecular weight is 532 g/mol. The molecule has 1 amide bonds. The standard InChI is InChI=1S/C25H23F2N3O4S2/c1-3-10-36(32,33)34-15-8-9-19-20(11-15)30(13-29-19)21-12-17(23(35-21)24(28)31)22-14(2)16-6-4-5-7-18(16)25(22,26)27/h4-9,11-14,22H,3,10H2,1-2H3,(H2,28,31). The van der Waals surface area contributed by atoms with Gasteiger partial charge in [0.25, 0.3) is 11.8 Å². The lowest BCUT2D eigenvalue weighted by molar-refractivity contribution is -0.0270. The van der Waals surface area contributed by atoms with E-state index in [9.17, 15) is 13.2 Å². The van der Waals surface area contributed by atoms with Crippen LogP contribution in [0, 0.1) is 0 Å². The molecule has 2 aromatic carbocycles. The zero-order chi connectivity index (χ0) is 25.8. The van der Waals surface area contributed by atoms with E-state index in [0.717, 1.165) is 11.3 Å². The van der Waals surface area contributed by atoms with Crippen LogP contribution in [0.5, 0.6) is 5.75 Å². The second-order valence-electron chi connectivity index (χ2n) is 8.82. The van der Waals surface area contributed by atoms with Crippen molar-refractivity contribution in [3.8, 4) is 10.8 Å². The molecule has 0 radical (unpaired) electrons. The van der Waals surface area contributed by atoms with Crippen LogP contribution in [-0.4, -0.2) is 29.6 Å². The number of nitrogens with zero attached hydrogens (tertiary/aromatic N) is 2. The second-order valence-corrected chi connectivity index (χ2v) is 11.5. The number of thiophene rings is 1. The van der Waals surface area contributed by atoms with E-state index in [4.69, 9.17) is 9.92 Å². The largest absolute Gasteiger partial charge is 0.382 e. The van der Waals surface area contributed by atoms with Crippen molar-refractivity contribution >= 4 is 38.4 Å². The van der Waals surface area contributed by atoms with Gasteiger partial charge in [0.05, 0.1) is 27.6 Å². The summed E-state index contributed by atoms with van der Waals surface area (Å²) in [5.41, 5.74) is 7.35. The molecule has 2 N–H and O–H groups in total. The molecule has 2 heterocycles. The maximum Gasteiger partial charge on any atom is 0.309 e. The van der Waals surface area contributed by atoms with Crippen molar-refractivity contribution in [3.63, 3.8) is 0 Å². The van der Waals surface area contributed by atoms with Crippen LogP contribution < -0.4 is 9.92 Å². The van der Waals surface area contributed by atoms with Crippen LogP contribution >= 0.6 is 11.3 Å². The van der Waals surface area contributed by atoms with E-state index in [1.165, 1.54) is 24.5 Å². The molecule has 0 aliphatic heterocycles. The number of hydrogen-bond acceptors (Lipinski definition) is 6. The zero-order valence-corrected chi connectivity index (χ0v) is 21.1. The van der Waals surface area contributed by atoms with E-state index in [2.05, 4.69) is 4.98 Å². The lowest BCUT2D eigenvalue weighted by Crippen LogP contribution is -2.23. The SMILES string of the molecule is CCCS(=O)(=O)Oc1ccc2ncn(-c3cc(C4C(C)c5ccccc5C4(F)F)c(C(N)=O)s3)c2c1. The molecule has 2 unspecified atom stereocenters. The molecular formula is C25H23F2N3O4S2. The summed E-state index contributed by atoms with van der Waals surface area (Å²) in [5, 5.41) is 0.453. The normalized spacial score (nSPS) is 18.9. The first kappa shape index (κ1) is 24.4. The summed E-state index contributed by atoms with van der Waals surface area (Å²) in [6.07, 6.45) is 1.89. The van der Waals surface area contributed by atoms with Crippen molar-refractivity contribution in [1.29, 1.82) is 0 Å². The maximum absolute atomic E-state index is 15.6. The van der Waals surface area contributed by atoms with Gasteiger partial charge in [0.1, 0.15) is 17.1 Å². The Kier molecular flexibility index (Phi) is 5.87. The third-order valence-electron chi connectivity index (χ3n) is 6.44. The quantitative estimate of drug-likeness (QED) is 0.326. The number of primary amides is 1. The van der Waals surface area contributed by atoms with E-state index in [1.54, 1.807) is 48.7 Å². The number of alkyl halides is 2. The Morgan fingerprint density at radius 3 is 2.64 bits per heavy atom. The van der Waals surface area contributed by atoms with Crippen LogP contribution in [0.3, 0.4) is 0 Å². The minimum Gasteiger partial charge on any atom is -0.382 e. The number of imidazole rings is 1. The lowest BCUT2D eigenvalue weighted by atomic mass is 9.86. The minimum atomic E-state index is -3.76. The molecule has 0 bridgehead atoms. The smallest absolute Gasteiger partial charge is 0.309 e. The Hall–Kier alpha value is -3.31. The minimum absolute atomic E-state index is 0.0474. The Morgan fingerprint density at radius 2 is 1.94 bits per heavy atom. The Labute approximate surface area is 210 Å². The number of benzene rings is 2. The summed E-state index contributed by atoms with van der Waals surface area (Å²) in [7, 11) is -3.76. The maximum atomic E-state index is 15.6. The van der Waals surface area contributed by atoms with Gasteiger partial charge in [-0.25, -0.2) is 13.8 Å². The fourth-order valence-electron chi connectivity index (χ4n) is 4.91. The molecule has 11 heteroatoms. The average Bonchev–Trinajstić information content (AvgIpc) is 3.47. The fourth-order valence-corrected chi connectivity index (χ4v) is 6.93. The molecule has 1 aliphatic carbocycles. The number of rotatable bonds is 7. The molecule has 0 spiro atoms. The highest BCUT2D eigenvalue weighted by Gasteiger charge is 2.54. The molecule has 0 saturated heterocycles. The van der Waals surface area contributed by atoms with Gasteiger partial charge in [0.2, 0.25) is 0 Å². The van der Waals surface area contributed by atoms with Gasteiger partial charge >= 0.3 is 10.1 Å². The summed E-state index contributed by atoms with van der Waals surface area (Å²) in [6.45, 7) is 3.45. The topological polar surface area (TPSA) is 104 Å². The Bertz CT molecular complexity index is 1590. The summed E-state index contributed by atoms with van der Waals surface area (Å²) in [4.78, 5) is 16.7. The van der Waals surface area contributed by atoms with Gasteiger partial charge in [0, 0.05) is 11.6 Å². The van der Waals surface area contributed by atoms with Crippen LogP contribution in [-0.2, 0) is 16.0 Å². The van der Waals surface area contributed by atoms with Crippen LogP contribution in [0.1, 0.15) is 58.5 Å². The second kappa shape index (κ2) is 8.67. The molecule has 2 atom stereocenters. The van der Waals surface area contributed by atoms with E-state index >= 15 is 8.78 Å². The molecule has 0 fully saturated rings. The van der Waals surface area contributed by atoms with E-state index < -0.39 is 33.8 Å².